The summed E-state index contributed by atoms with van der Waals surface area (Å²) in [7, 11) is 0. The summed E-state index contributed by atoms with van der Waals surface area (Å²) in [6.07, 6.45) is 11.3. The van der Waals surface area contributed by atoms with E-state index in [0.717, 1.165) is 67.2 Å². The summed E-state index contributed by atoms with van der Waals surface area (Å²) < 4.78 is 11.9. The van der Waals surface area contributed by atoms with Gasteiger partial charge in [0, 0.05) is 30.6 Å². The van der Waals surface area contributed by atoms with Gasteiger partial charge < -0.3 is 20.5 Å². The molecule has 3 aromatic rings. The molecule has 3 N–H and O–H groups in total. The zero-order valence-electron chi connectivity index (χ0n) is 18.6. The monoisotopic (exact) mass is 433 g/mol. The third kappa shape index (κ3) is 4.69. The summed E-state index contributed by atoms with van der Waals surface area (Å²) in [5.74, 6) is 1.08. The fourth-order valence-corrected chi connectivity index (χ4v) is 4.61. The molecule has 1 unspecified atom stereocenters. The highest BCUT2D eigenvalue weighted by Gasteiger charge is 2.26. The molecule has 1 aromatic carbocycles. The number of aryl methyl sites for hydroxylation is 1. The summed E-state index contributed by atoms with van der Waals surface area (Å²) in [4.78, 5) is 13.7. The molecule has 1 saturated carbocycles. The number of hydrogen-bond donors (Lipinski definition) is 2. The molecule has 32 heavy (non-hydrogen) atoms. The lowest BCUT2D eigenvalue weighted by Gasteiger charge is -2.33. The summed E-state index contributed by atoms with van der Waals surface area (Å²) in [5.41, 5.74) is 10.2. The van der Waals surface area contributed by atoms with Crippen LogP contribution in [0.2, 0.25) is 0 Å². The standard InChI is InChI=1S/C25H31N5O2/c1-16-5-7-17(8-6-16)20-14-27-24(26)21-15-28-25(30-23(20)21)29-18-9-11-19(12-10-18)32-22-4-2-3-13-31-22/h5-8,14-15,18-19,22H,2-4,9-13H2,1H3,(H2,26,27)(H,28,29,30)/t18-,19-,22?. The number of fused-ring (bicyclic) bond motifs is 1. The molecule has 2 fully saturated rings. The predicted molar refractivity (Wildman–Crippen MR) is 126 cm³/mol. The zero-order chi connectivity index (χ0) is 21.9. The van der Waals surface area contributed by atoms with Crippen LogP contribution in [-0.4, -0.2) is 40.0 Å². The number of anilines is 2. The van der Waals surface area contributed by atoms with Crippen LogP contribution in [-0.2, 0) is 9.47 Å². The second kappa shape index (κ2) is 9.38. The number of hydrogen-bond acceptors (Lipinski definition) is 7. The molecule has 0 spiro atoms. The van der Waals surface area contributed by atoms with Crippen molar-refractivity contribution in [3.63, 3.8) is 0 Å². The van der Waals surface area contributed by atoms with Gasteiger partial charge in [-0.3, -0.25) is 0 Å². The van der Waals surface area contributed by atoms with Crippen LogP contribution in [0.4, 0.5) is 11.8 Å². The average Bonchev–Trinajstić information content (AvgIpc) is 2.82. The Morgan fingerprint density at radius 1 is 1.00 bits per heavy atom. The second-order valence-electron chi connectivity index (χ2n) is 8.93. The van der Waals surface area contributed by atoms with Crippen LogP contribution in [0, 0.1) is 6.92 Å². The van der Waals surface area contributed by atoms with Gasteiger partial charge in [0.05, 0.1) is 17.0 Å². The van der Waals surface area contributed by atoms with E-state index in [1.165, 1.54) is 12.0 Å². The third-order valence-electron chi connectivity index (χ3n) is 6.50. The molecule has 0 bridgehead atoms. The number of aromatic nitrogens is 3. The highest BCUT2D eigenvalue weighted by molar-refractivity contribution is 5.98. The number of nitrogen functional groups attached to an aromatic ring is 1. The Hall–Kier alpha value is -2.77. The molecule has 3 heterocycles. The SMILES string of the molecule is Cc1ccc(-c2cnc(N)c3cnc(N[C@H]4CC[C@H](OC5CCCCO5)CC4)nc23)cc1. The zero-order valence-corrected chi connectivity index (χ0v) is 18.6. The first-order chi connectivity index (χ1) is 15.7. The van der Waals surface area contributed by atoms with Gasteiger partial charge in [0.25, 0.3) is 0 Å². The van der Waals surface area contributed by atoms with Gasteiger partial charge in [-0.15, -0.1) is 0 Å². The highest BCUT2D eigenvalue weighted by Crippen LogP contribution is 2.31. The van der Waals surface area contributed by atoms with Crippen LogP contribution in [0.5, 0.6) is 0 Å². The number of ether oxygens (including phenoxy) is 2. The molecular formula is C25H31N5O2. The molecule has 168 valence electrons. The lowest BCUT2D eigenvalue weighted by Crippen LogP contribution is -2.34. The molecule has 7 nitrogen and oxygen atoms in total. The Morgan fingerprint density at radius 3 is 2.56 bits per heavy atom. The molecule has 0 amide bonds. The second-order valence-corrected chi connectivity index (χ2v) is 8.93. The van der Waals surface area contributed by atoms with E-state index >= 15 is 0 Å². The fraction of sp³-hybridized carbons (Fsp3) is 0.480. The van der Waals surface area contributed by atoms with E-state index in [4.69, 9.17) is 20.2 Å². The third-order valence-corrected chi connectivity index (χ3v) is 6.50. The van der Waals surface area contributed by atoms with E-state index in [1.54, 1.807) is 12.4 Å². The maximum Gasteiger partial charge on any atom is 0.223 e. The minimum absolute atomic E-state index is 0.0126. The van der Waals surface area contributed by atoms with Crippen LogP contribution >= 0.6 is 0 Å². The largest absolute Gasteiger partial charge is 0.383 e. The van der Waals surface area contributed by atoms with Crippen LogP contribution in [0.15, 0.2) is 36.7 Å². The van der Waals surface area contributed by atoms with Crippen LogP contribution in [0.25, 0.3) is 22.0 Å². The quantitative estimate of drug-likeness (QED) is 0.594. The van der Waals surface area contributed by atoms with Gasteiger partial charge >= 0.3 is 0 Å². The van der Waals surface area contributed by atoms with E-state index < -0.39 is 0 Å². The van der Waals surface area contributed by atoms with E-state index in [9.17, 15) is 0 Å². The number of pyridine rings is 1. The molecule has 1 saturated heterocycles. The van der Waals surface area contributed by atoms with Gasteiger partial charge in [-0.25, -0.2) is 15.0 Å². The Kier molecular flexibility index (Phi) is 6.19. The Bertz CT molecular complexity index is 1060. The first-order valence-corrected chi connectivity index (χ1v) is 11.7. The van der Waals surface area contributed by atoms with Crippen molar-refractivity contribution in [2.45, 2.75) is 70.3 Å². The van der Waals surface area contributed by atoms with Crippen LogP contribution in [0.1, 0.15) is 50.5 Å². The summed E-state index contributed by atoms with van der Waals surface area (Å²) in [6.45, 7) is 2.90. The van der Waals surface area contributed by atoms with Crippen LogP contribution < -0.4 is 11.1 Å². The maximum absolute atomic E-state index is 6.17. The first kappa shape index (κ1) is 21.1. The van der Waals surface area contributed by atoms with Crippen molar-refractivity contribution in [2.75, 3.05) is 17.7 Å². The van der Waals surface area contributed by atoms with E-state index in [2.05, 4.69) is 46.5 Å². The maximum atomic E-state index is 6.17. The van der Waals surface area contributed by atoms with Crippen molar-refractivity contribution >= 4 is 22.7 Å². The molecule has 1 atom stereocenters. The molecule has 0 radical (unpaired) electrons. The van der Waals surface area contributed by atoms with Gasteiger partial charge in [-0.05, 0) is 57.4 Å². The number of nitrogens with zero attached hydrogens (tertiary/aromatic N) is 3. The van der Waals surface area contributed by atoms with Gasteiger partial charge in [0.1, 0.15) is 5.82 Å². The van der Waals surface area contributed by atoms with Gasteiger partial charge in [-0.2, -0.15) is 0 Å². The predicted octanol–water partition coefficient (Wildman–Crippen LogP) is 4.85. The highest BCUT2D eigenvalue weighted by atomic mass is 16.7. The van der Waals surface area contributed by atoms with E-state index in [0.29, 0.717) is 17.8 Å². The van der Waals surface area contributed by atoms with Crippen molar-refractivity contribution in [1.29, 1.82) is 0 Å². The normalized spacial score (nSPS) is 23.8. The van der Waals surface area contributed by atoms with Crippen molar-refractivity contribution in [3.8, 4) is 11.1 Å². The molecule has 2 aromatic heterocycles. The van der Waals surface area contributed by atoms with E-state index in [1.807, 2.05) is 0 Å². The average molecular weight is 434 g/mol. The lowest BCUT2D eigenvalue weighted by atomic mass is 9.93. The van der Waals surface area contributed by atoms with Crippen molar-refractivity contribution < 1.29 is 9.47 Å². The topological polar surface area (TPSA) is 95.2 Å². The Labute approximate surface area is 188 Å². The molecule has 5 rings (SSSR count). The minimum Gasteiger partial charge on any atom is -0.383 e. The van der Waals surface area contributed by atoms with Gasteiger partial charge in [0.15, 0.2) is 6.29 Å². The fourth-order valence-electron chi connectivity index (χ4n) is 4.61. The lowest BCUT2D eigenvalue weighted by molar-refractivity contribution is -0.193. The van der Waals surface area contributed by atoms with Gasteiger partial charge in [0.2, 0.25) is 5.95 Å². The van der Waals surface area contributed by atoms with Crippen molar-refractivity contribution in [2.24, 2.45) is 0 Å². The Morgan fingerprint density at radius 2 is 1.81 bits per heavy atom. The van der Waals surface area contributed by atoms with E-state index in [-0.39, 0.29) is 12.4 Å². The number of nitrogens with one attached hydrogen (secondary N) is 1. The smallest absolute Gasteiger partial charge is 0.223 e. The first-order valence-electron chi connectivity index (χ1n) is 11.7. The minimum atomic E-state index is -0.0126. The molecule has 1 aliphatic heterocycles. The molecule has 2 aliphatic rings. The summed E-state index contributed by atoms with van der Waals surface area (Å²) >= 11 is 0. The summed E-state index contributed by atoms with van der Waals surface area (Å²) in [6, 6.07) is 8.71. The molecule has 1 aliphatic carbocycles. The van der Waals surface area contributed by atoms with Crippen LogP contribution in [0.3, 0.4) is 0 Å². The number of rotatable bonds is 5. The van der Waals surface area contributed by atoms with Crippen molar-refractivity contribution in [3.05, 3.63) is 42.2 Å². The van der Waals surface area contributed by atoms with Crippen molar-refractivity contribution in [1.82, 2.24) is 15.0 Å². The summed E-state index contributed by atoms with van der Waals surface area (Å²) in [5, 5.41) is 4.31. The number of nitrogens with two attached hydrogens (primary N) is 1. The van der Waals surface area contributed by atoms with Gasteiger partial charge in [-0.1, -0.05) is 29.8 Å². The molecular weight excluding hydrogens is 402 g/mol. The number of benzene rings is 1. The molecule has 7 heteroatoms. The Balaban J connectivity index is 1.29.